The Hall–Kier alpha value is -0.700. The monoisotopic (exact) mass is 239 g/mol. The SMILES string of the molecule is Cl.NCCSc1ccc2ccccc2c1. The molecule has 2 aromatic carbocycles. The van der Waals surface area contributed by atoms with Gasteiger partial charge in [-0.2, -0.15) is 0 Å². The topological polar surface area (TPSA) is 26.0 Å². The molecule has 0 aromatic heterocycles. The summed E-state index contributed by atoms with van der Waals surface area (Å²) in [5.74, 6) is 0.984. The van der Waals surface area contributed by atoms with Crippen molar-refractivity contribution in [3.05, 3.63) is 42.5 Å². The highest BCUT2D eigenvalue weighted by Crippen LogP contribution is 2.22. The number of halogens is 1. The molecule has 0 aliphatic carbocycles. The van der Waals surface area contributed by atoms with E-state index in [1.165, 1.54) is 15.7 Å². The van der Waals surface area contributed by atoms with Crippen LogP contribution in [0.25, 0.3) is 10.8 Å². The molecular formula is C12H14ClNS. The van der Waals surface area contributed by atoms with Crippen LogP contribution in [0.15, 0.2) is 47.4 Å². The number of rotatable bonds is 3. The lowest BCUT2D eigenvalue weighted by molar-refractivity contribution is 1.15. The van der Waals surface area contributed by atoms with Gasteiger partial charge in [-0.05, 0) is 22.9 Å². The summed E-state index contributed by atoms with van der Waals surface area (Å²) < 4.78 is 0. The molecule has 0 radical (unpaired) electrons. The van der Waals surface area contributed by atoms with E-state index >= 15 is 0 Å². The summed E-state index contributed by atoms with van der Waals surface area (Å²) in [6, 6.07) is 14.9. The van der Waals surface area contributed by atoms with Gasteiger partial charge in [0, 0.05) is 17.2 Å². The third-order valence-electron chi connectivity index (χ3n) is 2.11. The summed E-state index contributed by atoms with van der Waals surface area (Å²) >= 11 is 1.81. The molecule has 80 valence electrons. The van der Waals surface area contributed by atoms with E-state index in [2.05, 4.69) is 42.5 Å². The fraction of sp³-hybridized carbons (Fsp3) is 0.167. The zero-order valence-corrected chi connectivity index (χ0v) is 9.98. The first-order chi connectivity index (χ1) is 6.90. The van der Waals surface area contributed by atoms with Gasteiger partial charge in [-0.1, -0.05) is 30.3 Å². The van der Waals surface area contributed by atoms with Crippen LogP contribution in [0.4, 0.5) is 0 Å². The Labute approximate surface area is 100 Å². The summed E-state index contributed by atoms with van der Waals surface area (Å²) in [5, 5.41) is 2.60. The molecule has 1 nitrogen and oxygen atoms in total. The number of benzene rings is 2. The molecule has 2 aromatic rings. The predicted molar refractivity (Wildman–Crippen MR) is 71.0 cm³/mol. The molecule has 3 heteroatoms. The lowest BCUT2D eigenvalue weighted by atomic mass is 10.1. The average Bonchev–Trinajstić information content (AvgIpc) is 2.26. The first kappa shape index (κ1) is 12.4. The van der Waals surface area contributed by atoms with E-state index < -0.39 is 0 Å². The van der Waals surface area contributed by atoms with Gasteiger partial charge in [-0.15, -0.1) is 24.2 Å². The van der Waals surface area contributed by atoms with Crippen molar-refractivity contribution in [2.75, 3.05) is 12.3 Å². The second kappa shape index (κ2) is 6.01. The first-order valence-electron chi connectivity index (χ1n) is 4.72. The molecule has 0 spiro atoms. The van der Waals surface area contributed by atoms with Gasteiger partial charge >= 0.3 is 0 Å². The van der Waals surface area contributed by atoms with Gasteiger partial charge in [0.1, 0.15) is 0 Å². The standard InChI is InChI=1S/C12H13NS.ClH/c13-7-8-14-12-6-5-10-3-1-2-4-11(10)9-12;/h1-6,9H,7-8,13H2;1H. The van der Waals surface area contributed by atoms with Gasteiger partial charge in [0.05, 0.1) is 0 Å². The molecule has 0 saturated carbocycles. The molecule has 0 heterocycles. The highest BCUT2D eigenvalue weighted by atomic mass is 35.5. The van der Waals surface area contributed by atoms with Crippen molar-refractivity contribution in [1.82, 2.24) is 0 Å². The molecule has 0 aliphatic heterocycles. The second-order valence-corrected chi connectivity index (χ2v) is 4.31. The average molecular weight is 240 g/mol. The van der Waals surface area contributed by atoms with Gasteiger partial charge in [0.15, 0.2) is 0 Å². The molecule has 0 unspecified atom stereocenters. The van der Waals surface area contributed by atoms with E-state index in [0.717, 1.165) is 12.3 Å². The van der Waals surface area contributed by atoms with Crippen LogP contribution in [0, 0.1) is 0 Å². The number of nitrogens with two attached hydrogens (primary N) is 1. The maximum atomic E-state index is 5.47. The van der Waals surface area contributed by atoms with Crippen LogP contribution in [0.1, 0.15) is 0 Å². The Kier molecular flexibility index (Phi) is 4.95. The van der Waals surface area contributed by atoms with Crippen molar-refractivity contribution in [2.45, 2.75) is 4.90 Å². The van der Waals surface area contributed by atoms with Crippen molar-refractivity contribution in [3.63, 3.8) is 0 Å². The summed E-state index contributed by atoms with van der Waals surface area (Å²) in [6.45, 7) is 0.734. The Balaban J connectivity index is 0.00000112. The van der Waals surface area contributed by atoms with Gasteiger partial charge in [0.2, 0.25) is 0 Å². The number of hydrogen-bond donors (Lipinski definition) is 1. The molecule has 0 atom stereocenters. The first-order valence-corrected chi connectivity index (χ1v) is 5.70. The van der Waals surface area contributed by atoms with Crippen molar-refractivity contribution >= 4 is 34.9 Å². The van der Waals surface area contributed by atoms with Crippen LogP contribution >= 0.6 is 24.2 Å². The highest BCUT2D eigenvalue weighted by molar-refractivity contribution is 7.99. The second-order valence-electron chi connectivity index (χ2n) is 3.15. The summed E-state index contributed by atoms with van der Waals surface area (Å²) in [4.78, 5) is 1.30. The third-order valence-corrected chi connectivity index (χ3v) is 3.13. The number of thioether (sulfide) groups is 1. The van der Waals surface area contributed by atoms with Gasteiger partial charge < -0.3 is 5.73 Å². The molecule has 2 N–H and O–H groups in total. The normalized spacial score (nSPS) is 9.93. The van der Waals surface area contributed by atoms with E-state index in [9.17, 15) is 0 Å². The molecule has 0 fully saturated rings. The van der Waals surface area contributed by atoms with Crippen molar-refractivity contribution < 1.29 is 0 Å². The minimum Gasteiger partial charge on any atom is -0.330 e. The van der Waals surface area contributed by atoms with Crippen LogP contribution in [-0.4, -0.2) is 12.3 Å². The molecular weight excluding hydrogens is 226 g/mol. The predicted octanol–water partition coefficient (Wildman–Crippen LogP) is 3.31. The summed E-state index contributed by atoms with van der Waals surface area (Å²) in [5.41, 5.74) is 5.47. The van der Waals surface area contributed by atoms with Crippen LogP contribution in [0.2, 0.25) is 0 Å². The Morgan fingerprint density at radius 1 is 1.00 bits per heavy atom. The maximum absolute atomic E-state index is 5.47. The maximum Gasteiger partial charge on any atom is 0.0103 e. The lowest BCUT2D eigenvalue weighted by Gasteiger charge is -2.02. The van der Waals surface area contributed by atoms with E-state index in [1.807, 2.05) is 11.8 Å². The fourth-order valence-electron chi connectivity index (χ4n) is 1.43. The zero-order chi connectivity index (χ0) is 9.80. The molecule has 2 rings (SSSR count). The van der Waals surface area contributed by atoms with Gasteiger partial charge in [0.25, 0.3) is 0 Å². The highest BCUT2D eigenvalue weighted by Gasteiger charge is 1.95. The molecule has 0 aliphatic rings. The zero-order valence-electron chi connectivity index (χ0n) is 8.35. The Morgan fingerprint density at radius 3 is 2.47 bits per heavy atom. The van der Waals surface area contributed by atoms with Gasteiger partial charge in [-0.3, -0.25) is 0 Å². The van der Waals surface area contributed by atoms with Crippen LogP contribution < -0.4 is 5.73 Å². The summed E-state index contributed by atoms with van der Waals surface area (Å²) in [6.07, 6.45) is 0. The smallest absolute Gasteiger partial charge is 0.0103 e. The number of fused-ring (bicyclic) bond motifs is 1. The van der Waals surface area contributed by atoms with Crippen LogP contribution in [0.3, 0.4) is 0 Å². The van der Waals surface area contributed by atoms with Crippen LogP contribution in [0.5, 0.6) is 0 Å². The Bertz CT molecular complexity index is 431. The van der Waals surface area contributed by atoms with Crippen molar-refractivity contribution in [1.29, 1.82) is 0 Å². The third kappa shape index (κ3) is 3.13. The molecule has 0 bridgehead atoms. The summed E-state index contributed by atoms with van der Waals surface area (Å²) in [7, 11) is 0. The van der Waals surface area contributed by atoms with E-state index in [-0.39, 0.29) is 12.4 Å². The Morgan fingerprint density at radius 2 is 1.73 bits per heavy atom. The minimum absolute atomic E-state index is 0. The quantitative estimate of drug-likeness (QED) is 0.832. The fourth-order valence-corrected chi connectivity index (χ4v) is 2.16. The van der Waals surface area contributed by atoms with Gasteiger partial charge in [-0.25, -0.2) is 0 Å². The molecule has 15 heavy (non-hydrogen) atoms. The van der Waals surface area contributed by atoms with E-state index in [0.29, 0.717) is 0 Å². The largest absolute Gasteiger partial charge is 0.330 e. The lowest BCUT2D eigenvalue weighted by Crippen LogP contribution is -2.00. The van der Waals surface area contributed by atoms with Crippen molar-refractivity contribution in [2.24, 2.45) is 5.73 Å². The van der Waals surface area contributed by atoms with E-state index in [4.69, 9.17) is 5.73 Å². The number of hydrogen-bond acceptors (Lipinski definition) is 2. The molecule has 0 saturated heterocycles. The minimum atomic E-state index is 0. The molecule has 0 amide bonds. The van der Waals surface area contributed by atoms with Crippen LogP contribution in [-0.2, 0) is 0 Å². The van der Waals surface area contributed by atoms with E-state index in [1.54, 1.807) is 0 Å². The van der Waals surface area contributed by atoms with Crippen molar-refractivity contribution in [3.8, 4) is 0 Å².